The maximum atomic E-state index is 9.83. The van der Waals surface area contributed by atoms with Crippen LogP contribution in [-0.4, -0.2) is 12.6 Å². The summed E-state index contributed by atoms with van der Waals surface area (Å²) in [5, 5.41) is 0. The molecular weight excluding hydrogens is 186 g/mol. The summed E-state index contributed by atoms with van der Waals surface area (Å²) in [5.41, 5.74) is 0. The van der Waals surface area contributed by atoms with Crippen molar-refractivity contribution in [3.05, 3.63) is 6.92 Å². The fourth-order valence-electron chi connectivity index (χ4n) is 1.54. The lowest BCUT2D eigenvalue weighted by atomic mass is 10.1. The highest BCUT2D eigenvalue weighted by atomic mass is 16.1. The van der Waals surface area contributed by atoms with E-state index in [0.717, 1.165) is 19.3 Å². The van der Waals surface area contributed by atoms with E-state index in [9.17, 15) is 4.79 Å². The molecule has 0 aromatic carbocycles. The van der Waals surface area contributed by atoms with Crippen molar-refractivity contribution >= 4 is 12.6 Å². The van der Waals surface area contributed by atoms with Crippen LogP contribution >= 0.6 is 0 Å². The maximum Gasteiger partial charge on any atom is 0.233 e. The van der Waals surface area contributed by atoms with Crippen molar-refractivity contribution < 1.29 is 4.79 Å². The molecule has 15 heavy (non-hydrogen) atoms. The van der Waals surface area contributed by atoms with Gasteiger partial charge in [0.1, 0.15) is 0 Å². The predicted octanol–water partition coefficient (Wildman–Crippen LogP) is 3.83. The van der Waals surface area contributed by atoms with Crippen LogP contribution in [-0.2, 0) is 4.79 Å². The predicted molar refractivity (Wildman–Crippen MR) is 65.0 cm³/mol. The molecule has 0 saturated heterocycles. The molecule has 0 N–H and O–H groups in total. The van der Waals surface area contributed by atoms with Crippen LogP contribution in [0.5, 0.6) is 0 Å². The van der Waals surface area contributed by atoms with E-state index in [1.54, 1.807) is 0 Å². The first-order valence-corrected chi connectivity index (χ1v) is 6.07. The highest BCUT2D eigenvalue weighted by Gasteiger charge is 1.91. The van der Waals surface area contributed by atoms with Gasteiger partial charge in [-0.2, -0.15) is 0 Å². The minimum Gasteiger partial charge on any atom is -0.276 e. The Morgan fingerprint density at radius 3 is 2.00 bits per heavy atom. The molecule has 0 aliphatic heterocycles. The molecule has 2 radical (unpaired) electrons. The zero-order valence-electron chi connectivity index (χ0n) is 9.71. The number of unbranched alkanes of at least 4 members (excludes halogenated alkanes) is 9. The Kier molecular flexibility index (Phi) is 12.8. The summed E-state index contributed by atoms with van der Waals surface area (Å²) in [5.74, 6) is 0. The Balaban J connectivity index is 2.92. The van der Waals surface area contributed by atoms with E-state index in [4.69, 9.17) is 0 Å². The summed E-state index contributed by atoms with van der Waals surface area (Å²) in [4.78, 5) is 13.2. The first-order valence-electron chi connectivity index (χ1n) is 6.07. The van der Waals surface area contributed by atoms with Crippen molar-refractivity contribution in [1.82, 2.24) is 0 Å². The van der Waals surface area contributed by atoms with Gasteiger partial charge in [-0.1, -0.05) is 58.3 Å². The highest BCUT2D eigenvalue weighted by molar-refractivity contribution is 5.68. The van der Waals surface area contributed by atoms with Gasteiger partial charge in [0.25, 0.3) is 0 Å². The number of nitrogens with zero attached hydrogens (tertiary/aromatic N) is 1. The average Bonchev–Trinajstić information content (AvgIpc) is 2.26. The normalized spacial score (nSPS) is 11.0. The third kappa shape index (κ3) is 13.3. The monoisotopic (exact) mass is 209 g/mol. The molecule has 2 heteroatoms. The summed E-state index contributed by atoms with van der Waals surface area (Å²) >= 11 is 0. The first-order chi connectivity index (χ1) is 7.41. The molecule has 0 atom stereocenters. The molecule has 0 aromatic rings. The number of hydrogen-bond acceptors (Lipinski definition) is 1. The van der Waals surface area contributed by atoms with Gasteiger partial charge < -0.3 is 0 Å². The second kappa shape index (κ2) is 13.3. The molecule has 0 fully saturated rings. The molecular formula is C13H23NO. The van der Waals surface area contributed by atoms with Crippen molar-refractivity contribution in [2.45, 2.75) is 64.2 Å². The van der Waals surface area contributed by atoms with Crippen molar-refractivity contribution in [3.8, 4) is 0 Å². The number of hydrogen-bond donors (Lipinski definition) is 0. The molecule has 0 bridgehead atoms. The van der Waals surface area contributed by atoms with Gasteiger partial charge >= 0.3 is 0 Å². The van der Waals surface area contributed by atoms with Gasteiger partial charge in [-0.05, 0) is 12.8 Å². The topological polar surface area (TPSA) is 29.4 Å². The van der Waals surface area contributed by atoms with E-state index >= 15 is 0 Å². The molecule has 1 amide bonds. The molecule has 0 saturated carbocycles. The summed E-state index contributed by atoms with van der Waals surface area (Å²) in [6.07, 6.45) is 15.4. The van der Waals surface area contributed by atoms with Crippen LogP contribution < -0.4 is 0 Å². The molecule has 0 unspecified atom stereocenters. The van der Waals surface area contributed by atoms with E-state index in [1.165, 1.54) is 44.9 Å². The van der Waals surface area contributed by atoms with Crippen LogP contribution in [0.3, 0.4) is 0 Å². The molecule has 0 aliphatic carbocycles. The van der Waals surface area contributed by atoms with Crippen LogP contribution in [0.4, 0.5) is 0 Å². The zero-order valence-corrected chi connectivity index (χ0v) is 9.71. The fraction of sp³-hybridized carbons (Fsp3) is 0.769. The van der Waals surface area contributed by atoms with Crippen molar-refractivity contribution in [2.75, 3.05) is 0 Å². The Hall–Kier alpha value is -0.660. The van der Waals surface area contributed by atoms with Crippen LogP contribution in [0, 0.1) is 6.92 Å². The number of carbonyl (C=O) groups is 1. The van der Waals surface area contributed by atoms with Crippen LogP contribution in [0.25, 0.3) is 0 Å². The van der Waals surface area contributed by atoms with Crippen molar-refractivity contribution in [3.63, 3.8) is 0 Å². The van der Waals surface area contributed by atoms with Crippen LogP contribution in [0.2, 0.25) is 0 Å². The molecule has 86 valence electrons. The third-order valence-corrected chi connectivity index (χ3v) is 2.43. The van der Waals surface area contributed by atoms with Gasteiger partial charge in [0, 0.05) is 0 Å². The lowest BCUT2D eigenvalue weighted by molar-refractivity contribution is -0.106. The van der Waals surface area contributed by atoms with Gasteiger partial charge in [-0.3, -0.25) is 4.79 Å². The Bertz CT molecular complexity index is 155. The summed E-state index contributed by atoms with van der Waals surface area (Å²) in [6.45, 7) is 3.83. The molecule has 2 nitrogen and oxygen atoms in total. The maximum absolute atomic E-state index is 9.83. The quantitative estimate of drug-likeness (QED) is 0.289. The van der Waals surface area contributed by atoms with Crippen molar-refractivity contribution in [1.29, 1.82) is 0 Å². The van der Waals surface area contributed by atoms with Gasteiger partial charge in [-0.25, -0.2) is 4.99 Å². The highest BCUT2D eigenvalue weighted by Crippen LogP contribution is 2.09. The van der Waals surface area contributed by atoms with Gasteiger partial charge in [0.15, 0.2) is 0 Å². The lowest BCUT2D eigenvalue weighted by Gasteiger charge is -2.00. The van der Waals surface area contributed by atoms with E-state index in [-0.39, 0.29) is 0 Å². The van der Waals surface area contributed by atoms with E-state index < -0.39 is 0 Å². The Morgan fingerprint density at radius 2 is 1.47 bits per heavy atom. The SMILES string of the molecule is [CH2]CCCCCCCCCC/[C]=N/C=O. The minimum atomic E-state index is 0.544. The average molecular weight is 209 g/mol. The van der Waals surface area contributed by atoms with Crippen molar-refractivity contribution in [2.24, 2.45) is 4.99 Å². The second-order valence-electron chi connectivity index (χ2n) is 3.82. The number of rotatable bonds is 11. The second-order valence-corrected chi connectivity index (χ2v) is 3.82. The Morgan fingerprint density at radius 1 is 0.933 bits per heavy atom. The smallest absolute Gasteiger partial charge is 0.233 e. The van der Waals surface area contributed by atoms with E-state index in [1.807, 2.05) is 0 Å². The van der Waals surface area contributed by atoms with E-state index in [2.05, 4.69) is 18.1 Å². The summed E-state index contributed by atoms with van der Waals surface area (Å²) in [6, 6.07) is 0. The molecule has 0 rings (SSSR count). The third-order valence-electron chi connectivity index (χ3n) is 2.43. The number of carbonyl (C=O) groups excluding carboxylic acids is 1. The summed E-state index contributed by atoms with van der Waals surface area (Å²) < 4.78 is 0. The molecule has 0 aromatic heterocycles. The minimum absolute atomic E-state index is 0.544. The van der Waals surface area contributed by atoms with Gasteiger partial charge in [0.05, 0.1) is 6.21 Å². The largest absolute Gasteiger partial charge is 0.276 e. The summed E-state index contributed by atoms with van der Waals surface area (Å²) in [7, 11) is 0. The standard InChI is InChI=1S/C13H23NO/c1-2-3-4-5-6-7-8-9-10-11-12-14-13-15/h13H,1-11H2. The Labute approximate surface area is 94.2 Å². The molecule has 0 aliphatic rings. The lowest BCUT2D eigenvalue weighted by Crippen LogP contribution is -1.82. The van der Waals surface area contributed by atoms with Crippen LogP contribution in [0.15, 0.2) is 4.99 Å². The number of aliphatic imine (C=N–C) groups is 1. The van der Waals surface area contributed by atoms with E-state index in [0.29, 0.717) is 6.41 Å². The van der Waals surface area contributed by atoms with Gasteiger partial charge in [-0.15, -0.1) is 0 Å². The molecule has 0 heterocycles. The zero-order chi connectivity index (χ0) is 11.2. The van der Waals surface area contributed by atoms with Crippen LogP contribution in [0.1, 0.15) is 64.2 Å². The number of amides is 1. The van der Waals surface area contributed by atoms with Gasteiger partial charge in [0.2, 0.25) is 6.41 Å². The fourth-order valence-corrected chi connectivity index (χ4v) is 1.54. The first kappa shape index (κ1) is 14.3. The molecule has 0 spiro atoms.